The predicted octanol–water partition coefficient (Wildman–Crippen LogP) is 2.41. The maximum absolute atomic E-state index is 13.2. The van der Waals surface area contributed by atoms with Gasteiger partial charge in [0.1, 0.15) is 0 Å². The Morgan fingerprint density at radius 2 is 1.85 bits per heavy atom. The van der Waals surface area contributed by atoms with E-state index in [1.807, 2.05) is 0 Å². The van der Waals surface area contributed by atoms with Gasteiger partial charge in [0.15, 0.2) is 0 Å². The van der Waals surface area contributed by atoms with Gasteiger partial charge in [-0.25, -0.2) is 0 Å². The van der Waals surface area contributed by atoms with Gasteiger partial charge in [-0.15, -0.1) is 0 Å². The number of halogens is 3. The fraction of sp³-hybridized carbons (Fsp3) is 0.556. The molecule has 1 atom stereocenters. The predicted molar refractivity (Wildman–Crippen MR) is 90.6 cm³/mol. The van der Waals surface area contributed by atoms with Crippen LogP contribution in [-0.2, 0) is 15.8 Å². The van der Waals surface area contributed by atoms with E-state index in [0.29, 0.717) is 45.4 Å². The first kappa shape index (κ1) is 18.5. The molecule has 5 nitrogen and oxygen atoms in total. The first-order chi connectivity index (χ1) is 12.3. The van der Waals surface area contributed by atoms with E-state index in [-0.39, 0.29) is 23.5 Å². The van der Waals surface area contributed by atoms with E-state index in [0.717, 1.165) is 12.5 Å². The van der Waals surface area contributed by atoms with Crippen molar-refractivity contribution in [1.82, 2.24) is 10.2 Å². The Kier molecular flexibility index (Phi) is 5.38. The summed E-state index contributed by atoms with van der Waals surface area (Å²) in [5.41, 5.74) is -0.475. The van der Waals surface area contributed by atoms with Crippen molar-refractivity contribution in [3.8, 4) is 0 Å². The lowest BCUT2D eigenvalue weighted by Crippen LogP contribution is -2.49. The van der Waals surface area contributed by atoms with Crippen LogP contribution in [0.2, 0.25) is 0 Å². The molecule has 1 aromatic rings. The van der Waals surface area contributed by atoms with Crippen molar-refractivity contribution < 1.29 is 22.8 Å². The quantitative estimate of drug-likeness (QED) is 0.887. The number of para-hydroxylation sites is 1. The highest BCUT2D eigenvalue weighted by atomic mass is 19.4. The molecule has 0 bridgehead atoms. The van der Waals surface area contributed by atoms with Gasteiger partial charge in [-0.3, -0.25) is 9.59 Å². The normalized spacial score (nSPS) is 21.0. The molecule has 8 heteroatoms. The molecular weight excluding hydrogens is 347 g/mol. The highest BCUT2D eigenvalue weighted by Gasteiger charge is 2.35. The molecule has 0 aliphatic carbocycles. The van der Waals surface area contributed by atoms with Gasteiger partial charge in [-0.1, -0.05) is 12.1 Å². The maximum atomic E-state index is 13.2. The van der Waals surface area contributed by atoms with Crippen molar-refractivity contribution >= 4 is 17.5 Å². The lowest BCUT2D eigenvalue weighted by Gasteiger charge is -2.37. The van der Waals surface area contributed by atoms with Gasteiger partial charge in [-0.05, 0) is 25.0 Å². The van der Waals surface area contributed by atoms with E-state index in [2.05, 4.69) is 5.32 Å². The van der Waals surface area contributed by atoms with Crippen LogP contribution in [0.1, 0.15) is 31.2 Å². The summed E-state index contributed by atoms with van der Waals surface area (Å²) >= 11 is 0. The third-order valence-electron chi connectivity index (χ3n) is 4.97. The second-order valence-corrected chi connectivity index (χ2v) is 6.72. The molecule has 2 heterocycles. The lowest BCUT2D eigenvalue weighted by molar-refractivity contribution is -0.137. The summed E-state index contributed by atoms with van der Waals surface area (Å²) in [7, 11) is 0. The van der Waals surface area contributed by atoms with Crippen LogP contribution in [0.4, 0.5) is 18.9 Å². The van der Waals surface area contributed by atoms with Gasteiger partial charge < -0.3 is 15.1 Å². The molecule has 2 fully saturated rings. The number of hydrogen-bond acceptors (Lipinski definition) is 3. The number of alkyl halides is 3. The first-order valence-corrected chi connectivity index (χ1v) is 8.83. The van der Waals surface area contributed by atoms with E-state index in [1.165, 1.54) is 12.1 Å². The Morgan fingerprint density at radius 1 is 1.15 bits per heavy atom. The number of carbonyl (C=O) groups is 2. The van der Waals surface area contributed by atoms with Gasteiger partial charge >= 0.3 is 6.18 Å². The number of rotatable bonds is 4. The van der Waals surface area contributed by atoms with Crippen LogP contribution in [0, 0.1) is 0 Å². The lowest BCUT2D eigenvalue weighted by atomic mass is 10.1. The standard InChI is InChI=1S/C18H22F3N3O2/c19-18(20,21)14-3-1-2-4-15(14)23-9-11-24(12-10-23)17(26)8-6-13-5-7-16(25)22-13/h1-4,13H,5-12H2,(H,22,25). The summed E-state index contributed by atoms with van der Waals surface area (Å²) < 4.78 is 39.5. The minimum atomic E-state index is -4.39. The van der Waals surface area contributed by atoms with Gasteiger partial charge in [0.25, 0.3) is 0 Å². The molecule has 2 amide bonds. The van der Waals surface area contributed by atoms with Crippen molar-refractivity contribution in [3.63, 3.8) is 0 Å². The molecule has 2 saturated heterocycles. The van der Waals surface area contributed by atoms with Crippen molar-refractivity contribution in [2.24, 2.45) is 0 Å². The van der Waals surface area contributed by atoms with Crippen molar-refractivity contribution in [3.05, 3.63) is 29.8 Å². The molecule has 0 saturated carbocycles. The molecule has 1 aromatic carbocycles. The molecule has 1 unspecified atom stereocenters. The van der Waals surface area contributed by atoms with Crippen LogP contribution in [0.3, 0.4) is 0 Å². The number of anilines is 1. The fourth-order valence-corrected chi connectivity index (χ4v) is 3.54. The van der Waals surface area contributed by atoms with Crippen molar-refractivity contribution in [2.45, 2.75) is 37.9 Å². The summed E-state index contributed by atoms with van der Waals surface area (Å²) in [4.78, 5) is 26.9. The van der Waals surface area contributed by atoms with Crippen LogP contribution in [0.25, 0.3) is 0 Å². The van der Waals surface area contributed by atoms with Crippen LogP contribution in [-0.4, -0.2) is 48.9 Å². The van der Waals surface area contributed by atoms with Gasteiger partial charge in [0.2, 0.25) is 11.8 Å². The molecule has 142 valence electrons. The van der Waals surface area contributed by atoms with Crippen LogP contribution >= 0.6 is 0 Å². The Balaban J connectivity index is 1.53. The minimum Gasteiger partial charge on any atom is -0.367 e. The highest BCUT2D eigenvalue weighted by Crippen LogP contribution is 2.36. The zero-order valence-corrected chi connectivity index (χ0v) is 14.4. The molecule has 1 N–H and O–H groups in total. The number of benzene rings is 1. The minimum absolute atomic E-state index is 0.00472. The highest BCUT2D eigenvalue weighted by molar-refractivity contribution is 5.79. The largest absolute Gasteiger partial charge is 0.418 e. The second kappa shape index (κ2) is 7.55. The van der Waals surface area contributed by atoms with Gasteiger partial charge in [-0.2, -0.15) is 13.2 Å². The van der Waals surface area contributed by atoms with E-state index in [1.54, 1.807) is 15.9 Å². The molecule has 0 aromatic heterocycles. The molecule has 3 rings (SSSR count). The average molecular weight is 369 g/mol. The SMILES string of the molecule is O=C1CCC(CCC(=O)N2CCN(c3ccccc3C(F)(F)F)CC2)N1. The number of amides is 2. The summed E-state index contributed by atoms with van der Waals surface area (Å²) in [6, 6.07) is 5.60. The second-order valence-electron chi connectivity index (χ2n) is 6.72. The topological polar surface area (TPSA) is 52.7 Å². The van der Waals surface area contributed by atoms with Gasteiger partial charge in [0, 0.05) is 50.7 Å². The molecular formula is C18H22F3N3O2. The molecule has 26 heavy (non-hydrogen) atoms. The molecule has 2 aliphatic rings. The summed E-state index contributed by atoms with van der Waals surface area (Å²) in [5, 5.41) is 2.84. The number of carbonyl (C=O) groups excluding carboxylic acids is 2. The fourth-order valence-electron chi connectivity index (χ4n) is 3.54. The van der Waals surface area contributed by atoms with Crippen LogP contribution < -0.4 is 10.2 Å². The van der Waals surface area contributed by atoms with Crippen molar-refractivity contribution in [2.75, 3.05) is 31.1 Å². The van der Waals surface area contributed by atoms with Crippen molar-refractivity contribution in [1.29, 1.82) is 0 Å². The molecule has 2 aliphatic heterocycles. The third-order valence-corrected chi connectivity index (χ3v) is 4.97. The van der Waals surface area contributed by atoms with E-state index >= 15 is 0 Å². The number of nitrogens with one attached hydrogen (secondary N) is 1. The van der Waals surface area contributed by atoms with Gasteiger partial charge in [0.05, 0.1) is 5.56 Å². The Morgan fingerprint density at radius 3 is 2.46 bits per heavy atom. The monoisotopic (exact) mass is 369 g/mol. The van der Waals surface area contributed by atoms with E-state index in [4.69, 9.17) is 0 Å². The summed E-state index contributed by atoms with van der Waals surface area (Å²) in [5.74, 6) is 0.0225. The van der Waals surface area contributed by atoms with Crippen LogP contribution in [0.15, 0.2) is 24.3 Å². The number of piperazine rings is 1. The Hall–Kier alpha value is -2.25. The van der Waals surface area contributed by atoms with E-state index < -0.39 is 11.7 Å². The average Bonchev–Trinajstić information content (AvgIpc) is 3.04. The number of hydrogen-bond donors (Lipinski definition) is 1. The van der Waals surface area contributed by atoms with Crippen LogP contribution in [0.5, 0.6) is 0 Å². The first-order valence-electron chi connectivity index (χ1n) is 8.83. The summed E-state index contributed by atoms with van der Waals surface area (Å²) in [6.07, 6.45) is -2.16. The Bertz CT molecular complexity index is 670. The Labute approximate surface area is 150 Å². The maximum Gasteiger partial charge on any atom is 0.418 e. The number of nitrogens with zero attached hydrogens (tertiary/aromatic N) is 2. The molecule has 0 radical (unpaired) electrons. The summed E-state index contributed by atoms with van der Waals surface area (Å²) in [6.45, 7) is 1.56. The molecule has 0 spiro atoms. The zero-order chi connectivity index (χ0) is 18.7. The smallest absolute Gasteiger partial charge is 0.367 e. The zero-order valence-electron chi connectivity index (χ0n) is 14.4. The third kappa shape index (κ3) is 4.28. The van der Waals surface area contributed by atoms with E-state index in [9.17, 15) is 22.8 Å².